The summed E-state index contributed by atoms with van der Waals surface area (Å²) in [6.07, 6.45) is 2.55. The topological polar surface area (TPSA) is 55.4 Å². The third kappa shape index (κ3) is 5.20. The van der Waals surface area contributed by atoms with Crippen LogP contribution in [0.2, 0.25) is 0 Å². The van der Waals surface area contributed by atoms with Crippen molar-refractivity contribution in [2.45, 2.75) is 31.1 Å². The highest BCUT2D eigenvalue weighted by Gasteiger charge is 2.16. The maximum Gasteiger partial charge on any atom is 0.180 e. The zero-order valence-corrected chi connectivity index (χ0v) is 12.5. The molecule has 1 N–H and O–H groups in total. The SMILES string of the molecule is CCCS(=O)(=O)c1ccccc1NCCCCOC. The van der Waals surface area contributed by atoms with Gasteiger partial charge >= 0.3 is 0 Å². The second-order valence-corrected chi connectivity index (χ2v) is 6.52. The van der Waals surface area contributed by atoms with Crippen LogP contribution in [0, 0.1) is 0 Å². The van der Waals surface area contributed by atoms with Crippen LogP contribution in [0.15, 0.2) is 29.2 Å². The molecule has 1 aromatic rings. The lowest BCUT2D eigenvalue weighted by Gasteiger charge is -2.12. The maximum atomic E-state index is 12.1. The highest BCUT2D eigenvalue weighted by atomic mass is 32.2. The number of hydrogen-bond donors (Lipinski definition) is 1. The number of para-hydroxylation sites is 1. The summed E-state index contributed by atoms with van der Waals surface area (Å²) in [6, 6.07) is 7.10. The Balaban J connectivity index is 2.68. The summed E-state index contributed by atoms with van der Waals surface area (Å²) in [5, 5.41) is 3.20. The second-order valence-electron chi connectivity index (χ2n) is 4.44. The number of methoxy groups -OCH3 is 1. The van der Waals surface area contributed by atoms with Crippen molar-refractivity contribution >= 4 is 15.5 Å². The minimum absolute atomic E-state index is 0.190. The van der Waals surface area contributed by atoms with Crippen LogP contribution in [0.25, 0.3) is 0 Å². The Morgan fingerprint density at radius 2 is 1.95 bits per heavy atom. The summed E-state index contributed by atoms with van der Waals surface area (Å²) in [5.74, 6) is 0.190. The van der Waals surface area contributed by atoms with Gasteiger partial charge in [0.15, 0.2) is 9.84 Å². The van der Waals surface area contributed by atoms with Crippen molar-refractivity contribution < 1.29 is 13.2 Å². The van der Waals surface area contributed by atoms with E-state index in [2.05, 4.69) is 5.32 Å². The molecule has 108 valence electrons. The van der Waals surface area contributed by atoms with E-state index in [1.165, 1.54) is 0 Å². The highest BCUT2D eigenvalue weighted by molar-refractivity contribution is 7.91. The van der Waals surface area contributed by atoms with Gasteiger partial charge in [-0.25, -0.2) is 8.42 Å². The molecule has 1 rings (SSSR count). The van der Waals surface area contributed by atoms with Gasteiger partial charge in [-0.3, -0.25) is 0 Å². The van der Waals surface area contributed by atoms with Crippen LogP contribution in [-0.2, 0) is 14.6 Å². The van der Waals surface area contributed by atoms with Crippen LogP contribution < -0.4 is 5.32 Å². The Labute approximate surface area is 116 Å². The van der Waals surface area contributed by atoms with E-state index in [-0.39, 0.29) is 5.75 Å². The van der Waals surface area contributed by atoms with Crippen LogP contribution in [0.4, 0.5) is 5.69 Å². The smallest absolute Gasteiger partial charge is 0.180 e. The quantitative estimate of drug-likeness (QED) is 0.709. The van der Waals surface area contributed by atoms with Crippen molar-refractivity contribution in [3.8, 4) is 0 Å². The van der Waals surface area contributed by atoms with Gasteiger partial charge in [0, 0.05) is 20.3 Å². The molecule has 5 heteroatoms. The molecule has 0 saturated carbocycles. The second kappa shape index (κ2) is 8.17. The summed E-state index contributed by atoms with van der Waals surface area (Å²) in [4.78, 5) is 0.406. The van der Waals surface area contributed by atoms with E-state index in [9.17, 15) is 8.42 Å². The number of sulfone groups is 1. The standard InChI is InChI=1S/C14H23NO3S/c1-3-12-19(16,17)14-9-5-4-8-13(14)15-10-6-7-11-18-2/h4-5,8-9,15H,3,6-7,10-12H2,1-2H3. The third-order valence-corrected chi connectivity index (χ3v) is 4.76. The lowest BCUT2D eigenvalue weighted by molar-refractivity contribution is 0.194. The third-order valence-electron chi connectivity index (χ3n) is 2.79. The van der Waals surface area contributed by atoms with Crippen LogP contribution in [0.1, 0.15) is 26.2 Å². The van der Waals surface area contributed by atoms with Gasteiger partial charge in [-0.15, -0.1) is 0 Å². The maximum absolute atomic E-state index is 12.1. The van der Waals surface area contributed by atoms with Gasteiger partial charge < -0.3 is 10.1 Å². The molecule has 0 bridgehead atoms. The first-order valence-electron chi connectivity index (χ1n) is 6.66. The summed E-state index contributed by atoms with van der Waals surface area (Å²) < 4.78 is 29.2. The normalized spacial score (nSPS) is 11.5. The zero-order chi connectivity index (χ0) is 14.1. The molecule has 0 heterocycles. The fraction of sp³-hybridized carbons (Fsp3) is 0.571. The Hall–Kier alpha value is -1.07. The lowest BCUT2D eigenvalue weighted by atomic mass is 10.3. The molecule has 0 aromatic heterocycles. The average molecular weight is 285 g/mol. The molecule has 0 radical (unpaired) electrons. The number of hydrogen-bond acceptors (Lipinski definition) is 4. The van der Waals surface area contributed by atoms with Crippen molar-refractivity contribution in [2.75, 3.05) is 31.3 Å². The first kappa shape index (κ1) is 16.0. The van der Waals surface area contributed by atoms with Gasteiger partial charge in [0.25, 0.3) is 0 Å². The van der Waals surface area contributed by atoms with E-state index < -0.39 is 9.84 Å². The monoisotopic (exact) mass is 285 g/mol. The lowest BCUT2D eigenvalue weighted by Crippen LogP contribution is -2.11. The minimum atomic E-state index is -3.18. The summed E-state index contributed by atoms with van der Waals surface area (Å²) >= 11 is 0. The highest BCUT2D eigenvalue weighted by Crippen LogP contribution is 2.22. The zero-order valence-electron chi connectivity index (χ0n) is 11.7. The molecular formula is C14H23NO3S. The van der Waals surface area contributed by atoms with Gasteiger partial charge in [-0.1, -0.05) is 19.1 Å². The van der Waals surface area contributed by atoms with Gasteiger partial charge in [-0.2, -0.15) is 0 Å². The summed E-state index contributed by atoms with van der Waals surface area (Å²) in [7, 11) is -1.49. The Morgan fingerprint density at radius 3 is 2.63 bits per heavy atom. The molecule has 0 atom stereocenters. The summed E-state index contributed by atoms with van der Waals surface area (Å²) in [5.41, 5.74) is 0.702. The largest absolute Gasteiger partial charge is 0.385 e. The predicted octanol–water partition coefficient (Wildman–Crippen LogP) is 2.71. The average Bonchev–Trinajstić information content (AvgIpc) is 2.39. The van der Waals surface area contributed by atoms with Crippen molar-refractivity contribution in [3.05, 3.63) is 24.3 Å². The van der Waals surface area contributed by atoms with E-state index in [4.69, 9.17) is 4.74 Å². The molecule has 0 aliphatic heterocycles. The van der Waals surface area contributed by atoms with E-state index in [1.807, 2.05) is 19.1 Å². The van der Waals surface area contributed by atoms with Crippen molar-refractivity contribution in [3.63, 3.8) is 0 Å². The van der Waals surface area contributed by atoms with Crippen LogP contribution in [-0.4, -0.2) is 34.4 Å². The Morgan fingerprint density at radius 1 is 1.21 bits per heavy atom. The molecule has 19 heavy (non-hydrogen) atoms. The molecule has 0 fully saturated rings. The fourth-order valence-corrected chi connectivity index (χ4v) is 3.38. The number of rotatable bonds is 9. The number of anilines is 1. The van der Waals surface area contributed by atoms with Gasteiger partial charge in [0.2, 0.25) is 0 Å². The first-order valence-corrected chi connectivity index (χ1v) is 8.31. The van der Waals surface area contributed by atoms with E-state index in [1.54, 1.807) is 19.2 Å². The van der Waals surface area contributed by atoms with Crippen LogP contribution >= 0.6 is 0 Å². The molecule has 0 spiro atoms. The number of ether oxygens (including phenoxy) is 1. The molecule has 0 amide bonds. The van der Waals surface area contributed by atoms with Crippen LogP contribution in [0.5, 0.6) is 0 Å². The molecule has 0 unspecified atom stereocenters. The molecule has 0 saturated heterocycles. The van der Waals surface area contributed by atoms with Crippen molar-refractivity contribution in [1.82, 2.24) is 0 Å². The van der Waals surface area contributed by atoms with E-state index in [0.29, 0.717) is 17.0 Å². The van der Waals surface area contributed by atoms with Gasteiger partial charge in [-0.05, 0) is 31.4 Å². The van der Waals surface area contributed by atoms with Gasteiger partial charge in [0.1, 0.15) is 0 Å². The summed E-state index contributed by atoms with van der Waals surface area (Å²) in [6.45, 7) is 3.36. The molecule has 0 aliphatic rings. The number of benzene rings is 1. The Bertz CT molecular complexity index is 471. The number of nitrogens with one attached hydrogen (secondary N) is 1. The molecule has 1 aromatic carbocycles. The minimum Gasteiger partial charge on any atom is -0.385 e. The Kier molecular flexibility index (Phi) is 6.87. The van der Waals surface area contributed by atoms with Crippen LogP contribution in [0.3, 0.4) is 0 Å². The van der Waals surface area contributed by atoms with E-state index >= 15 is 0 Å². The molecule has 4 nitrogen and oxygen atoms in total. The van der Waals surface area contributed by atoms with Gasteiger partial charge in [0.05, 0.1) is 16.3 Å². The number of unbranched alkanes of at least 4 members (excludes halogenated alkanes) is 1. The molecule has 0 aliphatic carbocycles. The van der Waals surface area contributed by atoms with Crippen molar-refractivity contribution in [2.24, 2.45) is 0 Å². The molecular weight excluding hydrogens is 262 g/mol. The predicted molar refractivity (Wildman–Crippen MR) is 78.4 cm³/mol. The first-order chi connectivity index (χ1) is 9.11. The van der Waals surface area contributed by atoms with Crippen molar-refractivity contribution in [1.29, 1.82) is 0 Å². The van der Waals surface area contributed by atoms with E-state index in [0.717, 1.165) is 26.0 Å². The fourth-order valence-electron chi connectivity index (χ4n) is 1.86.